The van der Waals surface area contributed by atoms with Crippen LogP contribution in [-0.4, -0.2) is 56.9 Å². The van der Waals surface area contributed by atoms with Crippen molar-refractivity contribution in [2.45, 2.75) is 50.5 Å². The first-order valence-electron chi connectivity index (χ1n) is 8.68. The molecule has 0 N–H and O–H groups in total. The summed E-state index contributed by atoms with van der Waals surface area (Å²) in [5.41, 5.74) is 1.64. The van der Waals surface area contributed by atoms with Crippen LogP contribution < -0.4 is 0 Å². The van der Waals surface area contributed by atoms with Gasteiger partial charge in [0.2, 0.25) is 0 Å². The highest BCUT2D eigenvalue weighted by molar-refractivity contribution is 8.01. The van der Waals surface area contributed by atoms with Crippen molar-refractivity contribution in [1.29, 1.82) is 0 Å². The minimum absolute atomic E-state index is 0.126. The largest absolute Gasteiger partial charge is 0.377 e. The Labute approximate surface area is 141 Å². The zero-order valence-electron chi connectivity index (χ0n) is 14.0. The van der Waals surface area contributed by atoms with Gasteiger partial charge in [-0.3, -0.25) is 9.48 Å². The number of carbonyl (C=O) groups is 1. The van der Waals surface area contributed by atoms with E-state index in [1.807, 2.05) is 41.3 Å². The van der Waals surface area contributed by atoms with Crippen molar-refractivity contribution in [1.82, 2.24) is 14.7 Å². The van der Waals surface area contributed by atoms with E-state index in [4.69, 9.17) is 4.74 Å². The quantitative estimate of drug-likeness (QED) is 0.829. The Morgan fingerprint density at radius 3 is 2.96 bits per heavy atom. The fraction of sp³-hybridized carbons (Fsp3) is 0.765. The Morgan fingerprint density at radius 2 is 2.26 bits per heavy atom. The maximum atomic E-state index is 12.7. The van der Waals surface area contributed by atoms with E-state index in [0.29, 0.717) is 6.10 Å². The molecule has 23 heavy (non-hydrogen) atoms. The zero-order chi connectivity index (χ0) is 16.0. The molecule has 1 spiro atoms. The number of amides is 1. The van der Waals surface area contributed by atoms with Gasteiger partial charge in [0.15, 0.2) is 0 Å². The number of hydrogen-bond donors (Lipinski definition) is 0. The molecule has 1 saturated carbocycles. The number of aryl methyl sites for hydroxylation is 2. The van der Waals surface area contributed by atoms with Crippen molar-refractivity contribution in [3.8, 4) is 0 Å². The summed E-state index contributed by atoms with van der Waals surface area (Å²) in [6.45, 7) is 7.35. The average molecular weight is 335 g/mol. The third kappa shape index (κ3) is 3.03. The van der Waals surface area contributed by atoms with Crippen molar-refractivity contribution in [3.63, 3.8) is 0 Å². The molecule has 1 aromatic rings. The molecule has 0 unspecified atom stereocenters. The predicted octanol–water partition coefficient (Wildman–Crippen LogP) is 2.34. The van der Waals surface area contributed by atoms with E-state index in [-0.39, 0.29) is 10.7 Å². The Balaban J connectivity index is 1.32. The number of nitrogens with zero attached hydrogens (tertiary/aromatic N) is 3. The van der Waals surface area contributed by atoms with E-state index in [2.05, 4.69) is 5.10 Å². The highest BCUT2D eigenvalue weighted by Crippen LogP contribution is 2.46. The summed E-state index contributed by atoms with van der Waals surface area (Å²) in [4.78, 5) is 14.7. The lowest BCUT2D eigenvalue weighted by atomic mass is 9.92. The number of rotatable bonds is 5. The van der Waals surface area contributed by atoms with Gasteiger partial charge in [0.05, 0.1) is 16.5 Å². The first-order valence-corrected chi connectivity index (χ1v) is 9.66. The fourth-order valence-electron chi connectivity index (χ4n) is 3.60. The Morgan fingerprint density at radius 1 is 1.48 bits per heavy atom. The van der Waals surface area contributed by atoms with Gasteiger partial charge in [0.25, 0.3) is 5.91 Å². The van der Waals surface area contributed by atoms with Gasteiger partial charge in [-0.1, -0.05) is 0 Å². The molecule has 1 amide bonds. The SMILES string of the molecule is CCn1nc(C)cc1C(=O)N1CC2(C[C@H](OCC3CC3)CS2)C1. The van der Waals surface area contributed by atoms with Gasteiger partial charge < -0.3 is 9.64 Å². The lowest BCUT2D eigenvalue weighted by molar-refractivity contribution is 0.0281. The number of aromatic nitrogens is 2. The topological polar surface area (TPSA) is 47.4 Å². The smallest absolute Gasteiger partial charge is 0.272 e. The lowest BCUT2D eigenvalue weighted by Gasteiger charge is -2.47. The maximum Gasteiger partial charge on any atom is 0.272 e. The van der Waals surface area contributed by atoms with Gasteiger partial charge >= 0.3 is 0 Å². The molecule has 3 aliphatic rings. The molecular formula is C17H25N3O2S. The summed E-state index contributed by atoms with van der Waals surface area (Å²) < 4.78 is 8.10. The molecule has 5 nitrogen and oxygen atoms in total. The van der Waals surface area contributed by atoms with E-state index < -0.39 is 0 Å². The van der Waals surface area contributed by atoms with Crippen molar-refractivity contribution in [2.24, 2.45) is 5.92 Å². The Kier molecular flexibility index (Phi) is 3.92. The van der Waals surface area contributed by atoms with Crippen molar-refractivity contribution in [2.75, 3.05) is 25.4 Å². The van der Waals surface area contributed by atoms with Gasteiger partial charge in [-0.25, -0.2) is 0 Å². The van der Waals surface area contributed by atoms with Crippen LogP contribution in [0.15, 0.2) is 6.07 Å². The summed E-state index contributed by atoms with van der Waals surface area (Å²) >= 11 is 2.00. The first-order chi connectivity index (χ1) is 11.1. The third-order valence-corrected chi connectivity index (χ3v) is 6.68. The van der Waals surface area contributed by atoms with Gasteiger partial charge in [0.1, 0.15) is 5.69 Å². The normalized spacial score (nSPS) is 25.8. The highest BCUT2D eigenvalue weighted by Gasteiger charge is 2.51. The molecule has 0 radical (unpaired) electrons. The minimum Gasteiger partial charge on any atom is -0.377 e. The molecule has 126 valence electrons. The lowest BCUT2D eigenvalue weighted by Crippen LogP contribution is -2.61. The molecule has 2 aliphatic heterocycles. The standard InChI is InChI=1S/C17H25N3O2S/c1-3-20-15(6-12(2)18-20)16(21)19-10-17(11-19)7-14(9-23-17)22-8-13-4-5-13/h6,13-14H,3-5,7-11H2,1-2H3/t14-/m0/s1. The average Bonchev–Trinajstić information content (AvgIpc) is 3.11. The molecule has 4 rings (SSSR count). The van der Waals surface area contributed by atoms with Crippen molar-refractivity contribution < 1.29 is 9.53 Å². The summed E-state index contributed by atoms with van der Waals surface area (Å²) in [6.07, 6.45) is 4.18. The predicted molar refractivity (Wildman–Crippen MR) is 90.8 cm³/mol. The molecule has 2 saturated heterocycles. The van der Waals surface area contributed by atoms with Gasteiger partial charge in [-0.15, -0.1) is 11.8 Å². The molecule has 0 aromatic carbocycles. The molecule has 6 heteroatoms. The van der Waals surface area contributed by atoms with Crippen LogP contribution in [0, 0.1) is 12.8 Å². The van der Waals surface area contributed by atoms with Crippen LogP contribution in [0.1, 0.15) is 42.4 Å². The van der Waals surface area contributed by atoms with E-state index in [1.165, 1.54) is 12.8 Å². The van der Waals surface area contributed by atoms with Crippen LogP contribution in [0.3, 0.4) is 0 Å². The molecule has 1 atom stereocenters. The maximum absolute atomic E-state index is 12.7. The van der Waals surface area contributed by atoms with E-state index in [9.17, 15) is 4.79 Å². The summed E-state index contributed by atoms with van der Waals surface area (Å²) in [7, 11) is 0. The fourth-order valence-corrected chi connectivity index (χ4v) is 5.15. The van der Waals surface area contributed by atoms with Crippen LogP contribution >= 0.6 is 11.8 Å². The first kappa shape index (κ1) is 15.5. The number of thioether (sulfide) groups is 1. The van der Waals surface area contributed by atoms with Gasteiger partial charge in [-0.2, -0.15) is 5.10 Å². The highest BCUT2D eigenvalue weighted by atomic mass is 32.2. The van der Waals surface area contributed by atoms with Crippen LogP contribution in [0.4, 0.5) is 0 Å². The van der Waals surface area contributed by atoms with Crippen molar-refractivity contribution >= 4 is 17.7 Å². The summed E-state index contributed by atoms with van der Waals surface area (Å²) in [5.74, 6) is 2.04. The van der Waals surface area contributed by atoms with Crippen LogP contribution in [0.2, 0.25) is 0 Å². The van der Waals surface area contributed by atoms with E-state index >= 15 is 0 Å². The Bertz CT molecular complexity index is 605. The van der Waals surface area contributed by atoms with Gasteiger partial charge in [-0.05, 0) is 45.1 Å². The molecule has 0 bridgehead atoms. The van der Waals surface area contributed by atoms with Crippen molar-refractivity contribution in [3.05, 3.63) is 17.5 Å². The summed E-state index contributed by atoms with van der Waals surface area (Å²) in [6, 6.07) is 1.90. The monoisotopic (exact) mass is 335 g/mol. The number of ether oxygens (including phenoxy) is 1. The summed E-state index contributed by atoms with van der Waals surface area (Å²) in [5, 5.41) is 4.38. The van der Waals surface area contributed by atoms with E-state index in [1.54, 1.807) is 0 Å². The molecule has 3 heterocycles. The molecule has 3 fully saturated rings. The van der Waals surface area contributed by atoms with Gasteiger partial charge in [0, 0.05) is 32.0 Å². The number of hydrogen-bond acceptors (Lipinski definition) is 4. The zero-order valence-corrected chi connectivity index (χ0v) is 14.8. The second-order valence-electron chi connectivity index (χ2n) is 7.24. The third-order valence-electron chi connectivity index (χ3n) is 5.11. The molecule has 1 aliphatic carbocycles. The van der Waals surface area contributed by atoms with E-state index in [0.717, 1.165) is 55.7 Å². The number of likely N-dealkylation sites (tertiary alicyclic amines) is 1. The Hall–Kier alpha value is -1.01. The minimum atomic E-state index is 0.126. The number of carbonyl (C=O) groups excluding carboxylic acids is 1. The molecule has 1 aromatic heterocycles. The van der Waals surface area contributed by atoms with Crippen LogP contribution in [0.25, 0.3) is 0 Å². The second-order valence-corrected chi connectivity index (χ2v) is 8.73. The molecular weight excluding hydrogens is 310 g/mol. The van der Waals surface area contributed by atoms with Crippen LogP contribution in [-0.2, 0) is 11.3 Å². The van der Waals surface area contributed by atoms with Crippen LogP contribution in [0.5, 0.6) is 0 Å². The second kappa shape index (κ2) is 5.81.